The Morgan fingerprint density at radius 2 is 2.29 bits per heavy atom. The Bertz CT molecular complexity index is 409. The van der Waals surface area contributed by atoms with Crippen molar-refractivity contribution in [3.05, 3.63) is 46.7 Å². The molecule has 1 rings (SSSR count). The summed E-state index contributed by atoms with van der Waals surface area (Å²) >= 11 is 3.30. The van der Waals surface area contributed by atoms with E-state index >= 15 is 0 Å². The third-order valence-electron chi connectivity index (χ3n) is 2.06. The van der Waals surface area contributed by atoms with E-state index in [2.05, 4.69) is 33.1 Å². The number of rotatable bonds is 6. The Balaban J connectivity index is 2.41. The molecule has 0 saturated heterocycles. The maximum atomic E-state index is 13.0. The van der Waals surface area contributed by atoms with Crippen LogP contribution in [0.1, 0.15) is 5.56 Å². The number of amides is 1. The fourth-order valence-corrected chi connectivity index (χ4v) is 1.61. The van der Waals surface area contributed by atoms with Gasteiger partial charge in [-0.2, -0.15) is 0 Å². The van der Waals surface area contributed by atoms with E-state index < -0.39 is 0 Å². The fraction of sp³-hybridized carbons (Fsp3) is 0.250. The van der Waals surface area contributed by atoms with Crippen LogP contribution in [0.4, 0.5) is 4.39 Å². The van der Waals surface area contributed by atoms with E-state index in [0.29, 0.717) is 18.7 Å². The fourth-order valence-electron chi connectivity index (χ4n) is 1.22. The Kier molecular flexibility index (Phi) is 5.86. The molecule has 0 bridgehead atoms. The molecule has 0 aliphatic carbocycles. The summed E-state index contributed by atoms with van der Waals surface area (Å²) in [6.45, 7) is 4.63. The highest BCUT2D eigenvalue weighted by Gasteiger charge is 2.04. The average Bonchev–Trinajstić information content (AvgIpc) is 2.31. The minimum Gasteiger partial charge on any atom is -0.351 e. The third kappa shape index (κ3) is 5.10. The molecule has 2 N–H and O–H groups in total. The van der Waals surface area contributed by atoms with Gasteiger partial charge in [0.1, 0.15) is 5.82 Å². The summed E-state index contributed by atoms with van der Waals surface area (Å²) in [4.78, 5) is 11.4. The standard InChI is InChI=1S/C12H14BrFN2O/c1-2-5-15-8-12(17)16-7-9-6-10(14)3-4-11(9)13/h2-4,6,15H,1,5,7-8H2,(H,16,17). The number of nitrogens with one attached hydrogen (secondary N) is 2. The topological polar surface area (TPSA) is 41.1 Å². The minimum atomic E-state index is -0.317. The summed E-state index contributed by atoms with van der Waals surface area (Å²) in [6.07, 6.45) is 1.68. The molecule has 0 unspecified atom stereocenters. The van der Waals surface area contributed by atoms with Crippen molar-refractivity contribution >= 4 is 21.8 Å². The second-order valence-electron chi connectivity index (χ2n) is 3.43. The van der Waals surface area contributed by atoms with Crippen molar-refractivity contribution in [2.45, 2.75) is 6.54 Å². The van der Waals surface area contributed by atoms with Crippen molar-refractivity contribution in [1.82, 2.24) is 10.6 Å². The first-order chi connectivity index (χ1) is 8.13. The van der Waals surface area contributed by atoms with E-state index in [0.717, 1.165) is 4.47 Å². The summed E-state index contributed by atoms with van der Waals surface area (Å²) in [7, 11) is 0. The molecule has 0 atom stereocenters. The maximum Gasteiger partial charge on any atom is 0.234 e. The van der Waals surface area contributed by atoms with Gasteiger partial charge in [-0.1, -0.05) is 22.0 Å². The quantitative estimate of drug-likeness (QED) is 0.623. The van der Waals surface area contributed by atoms with Crippen LogP contribution in [0.3, 0.4) is 0 Å². The van der Waals surface area contributed by atoms with Gasteiger partial charge in [0.25, 0.3) is 0 Å². The van der Waals surface area contributed by atoms with E-state index in [9.17, 15) is 9.18 Å². The molecule has 0 fully saturated rings. The van der Waals surface area contributed by atoms with Crippen molar-refractivity contribution in [3.8, 4) is 0 Å². The second kappa shape index (κ2) is 7.19. The molecule has 0 aliphatic heterocycles. The molecule has 0 radical (unpaired) electrons. The number of hydrogen-bond acceptors (Lipinski definition) is 2. The zero-order valence-electron chi connectivity index (χ0n) is 9.30. The zero-order chi connectivity index (χ0) is 12.7. The first-order valence-electron chi connectivity index (χ1n) is 5.15. The van der Waals surface area contributed by atoms with Gasteiger partial charge in [0, 0.05) is 17.6 Å². The molecular weight excluding hydrogens is 287 g/mol. The number of carbonyl (C=O) groups excluding carboxylic acids is 1. The largest absolute Gasteiger partial charge is 0.351 e. The van der Waals surface area contributed by atoms with Crippen molar-refractivity contribution in [2.75, 3.05) is 13.1 Å². The lowest BCUT2D eigenvalue weighted by atomic mass is 10.2. The predicted octanol–water partition coefficient (Wildman–Crippen LogP) is 1.98. The van der Waals surface area contributed by atoms with Crippen LogP contribution in [0.25, 0.3) is 0 Å². The van der Waals surface area contributed by atoms with E-state index in [1.54, 1.807) is 12.1 Å². The summed E-state index contributed by atoms with van der Waals surface area (Å²) < 4.78 is 13.7. The summed E-state index contributed by atoms with van der Waals surface area (Å²) in [5.74, 6) is -0.453. The van der Waals surface area contributed by atoms with Crippen LogP contribution in [-0.4, -0.2) is 19.0 Å². The Morgan fingerprint density at radius 1 is 1.53 bits per heavy atom. The van der Waals surface area contributed by atoms with E-state index in [1.807, 2.05) is 0 Å². The lowest BCUT2D eigenvalue weighted by molar-refractivity contribution is -0.120. The number of benzene rings is 1. The predicted molar refractivity (Wildman–Crippen MR) is 69.0 cm³/mol. The van der Waals surface area contributed by atoms with Crippen LogP contribution in [0, 0.1) is 5.82 Å². The number of halogens is 2. The highest BCUT2D eigenvalue weighted by Crippen LogP contribution is 2.17. The average molecular weight is 301 g/mol. The first kappa shape index (κ1) is 13.9. The molecule has 0 aliphatic rings. The van der Waals surface area contributed by atoms with Gasteiger partial charge in [0.2, 0.25) is 5.91 Å². The monoisotopic (exact) mass is 300 g/mol. The smallest absolute Gasteiger partial charge is 0.234 e. The SMILES string of the molecule is C=CCNCC(=O)NCc1cc(F)ccc1Br. The highest BCUT2D eigenvalue weighted by atomic mass is 79.9. The molecule has 1 amide bonds. The van der Waals surface area contributed by atoms with Gasteiger partial charge in [-0.3, -0.25) is 4.79 Å². The van der Waals surface area contributed by atoms with Gasteiger partial charge in [-0.25, -0.2) is 4.39 Å². The normalized spacial score (nSPS) is 10.0. The molecule has 5 heteroatoms. The molecule has 1 aromatic carbocycles. The van der Waals surface area contributed by atoms with Gasteiger partial charge < -0.3 is 10.6 Å². The Hall–Kier alpha value is -1.20. The van der Waals surface area contributed by atoms with Crippen LogP contribution in [0.15, 0.2) is 35.3 Å². The maximum absolute atomic E-state index is 13.0. The molecule has 3 nitrogen and oxygen atoms in total. The van der Waals surface area contributed by atoms with Gasteiger partial charge in [0.05, 0.1) is 6.54 Å². The lowest BCUT2D eigenvalue weighted by Gasteiger charge is -2.07. The van der Waals surface area contributed by atoms with E-state index in [4.69, 9.17) is 0 Å². The van der Waals surface area contributed by atoms with Crippen molar-refractivity contribution in [2.24, 2.45) is 0 Å². The second-order valence-corrected chi connectivity index (χ2v) is 4.29. The summed E-state index contributed by atoms with van der Waals surface area (Å²) in [6, 6.07) is 4.37. The number of carbonyl (C=O) groups is 1. The van der Waals surface area contributed by atoms with E-state index in [-0.39, 0.29) is 18.3 Å². The Morgan fingerprint density at radius 3 is 3.00 bits per heavy atom. The molecular formula is C12H14BrFN2O. The summed E-state index contributed by atoms with van der Waals surface area (Å²) in [5.41, 5.74) is 0.710. The van der Waals surface area contributed by atoms with Gasteiger partial charge in [-0.05, 0) is 23.8 Å². The molecule has 0 saturated carbocycles. The van der Waals surface area contributed by atoms with Crippen molar-refractivity contribution in [3.63, 3.8) is 0 Å². The molecule has 17 heavy (non-hydrogen) atoms. The van der Waals surface area contributed by atoms with Gasteiger partial charge in [0.15, 0.2) is 0 Å². The van der Waals surface area contributed by atoms with Gasteiger partial charge in [-0.15, -0.1) is 6.58 Å². The van der Waals surface area contributed by atoms with Crippen LogP contribution in [-0.2, 0) is 11.3 Å². The van der Waals surface area contributed by atoms with Crippen molar-refractivity contribution < 1.29 is 9.18 Å². The van der Waals surface area contributed by atoms with Crippen LogP contribution < -0.4 is 10.6 Å². The molecule has 0 heterocycles. The van der Waals surface area contributed by atoms with Gasteiger partial charge >= 0.3 is 0 Å². The molecule has 1 aromatic rings. The van der Waals surface area contributed by atoms with Crippen LogP contribution in [0.5, 0.6) is 0 Å². The minimum absolute atomic E-state index is 0.136. The van der Waals surface area contributed by atoms with E-state index in [1.165, 1.54) is 12.1 Å². The first-order valence-corrected chi connectivity index (χ1v) is 5.95. The molecule has 0 spiro atoms. The zero-order valence-corrected chi connectivity index (χ0v) is 10.9. The highest BCUT2D eigenvalue weighted by molar-refractivity contribution is 9.10. The Labute approximate surface area is 108 Å². The van der Waals surface area contributed by atoms with Crippen LogP contribution in [0.2, 0.25) is 0 Å². The molecule has 0 aromatic heterocycles. The lowest BCUT2D eigenvalue weighted by Crippen LogP contribution is -2.33. The molecule has 92 valence electrons. The third-order valence-corrected chi connectivity index (χ3v) is 2.83. The number of hydrogen-bond donors (Lipinski definition) is 2. The van der Waals surface area contributed by atoms with Crippen LogP contribution >= 0.6 is 15.9 Å². The summed E-state index contributed by atoms with van der Waals surface area (Å²) in [5, 5.41) is 5.57. The van der Waals surface area contributed by atoms with Crippen molar-refractivity contribution in [1.29, 1.82) is 0 Å².